The SMILES string of the molecule is CCCc1nc(CN2CCCC(C(=O)NCCN)C2)cs1.Cl.Cl. The van der Waals surface area contributed by atoms with E-state index in [2.05, 4.69) is 27.5 Å². The molecule has 0 aliphatic carbocycles. The standard InChI is InChI=1S/C15H26N4OS.2ClH/c1-2-4-14-18-13(11-21-14)10-19-8-3-5-12(9-19)15(20)17-7-6-16;;/h11-12H,2-10,16H2,1H3,(H,17,20);2*1H. The molecule has 3 N–H and O–H groups in total. The number of aromatic nitrogens is 1. The molecule has 5 nitrogen and oxygen atoms in total. The van der Waals surface area contributed by atoms with Crippen LogP contribution in [0.1, 0.15) is 36.9 Å². The van der Waals surface area contributed by atoms with Gasteiger partial charge in [-0.05, 0) is 32.2 Å². The third kappa shape index (κ3) is 7.35. The van der Waals surface area contributed by atoms with Crippen molar-refractivity contribution < 1.29 is 4.79 Å². The van der Waals surface area contributed by atoms with E-state index >= 15 is 0 Å². The third-order valence-corrected chi connectivity index (χ3v) is 4.73. The van der Waals surface area contributed by atoms with Gasteiger partial charge in [-0.1, -0.05) is 6.92 Å². The van der Waals surface area contributed by atoms with Crippen molar-refractivity contribution in [1.82, 2.24) is 15.2 Å². The summed E-state index contributed by atoms with van der Waals surface area (Å²) in [5.74, 6) is 0.245. The van der Waals surface area contributed by atoms with Gasteiger partial charge in [-0.3, -0.25) is 9.69 Å². The smallest absolute Gasteiger partial charge is 0.224 e. The number of nitrogens with two attached hydrogens (primary N) is 1. The summed E-state index contributed by atoms with van der Waals surface area (Å²) in [6.45, 7) is 6.00. The minimum absolute atomic E-state index is 0. The molecule has 1 amide bonds. The topological polar surface area (TPSA) is 71.2 Å². The van der Waals surface area contributed by atoms with Crippen LogP contribution in [-0.4, -0.2) is 42.0 Å². The molecule has 8 heteroatoms. The molecule has 2 heterocycles. The molecule has 1 aliphatic rings. The number of carbonyl (C=O) groups excluding carboxylic acids is 1. The Morgan fingerprint density at radius 1 is 1.52 bits per heavy atom. The van der Waals surface area contributed by atoms with E-state index in [0.717, 1.165) is 51.0 Å². The first kappa shape index (κ1) is 22.6. The predicted octanol–water partition coefficient (Wildman–Crippen LogP) is 2.23. The molecule has 0 aromatic carbocycles. The number of piperidine rings is 1. The number of amides is 1. The molecule has 1 saturated heterocycles. The summed E-state index contributed by atoms with van der Waals surface area (Å²) in [4.78, 5) is 19.1. The van der Waals surface area contributed by atoms with Crippen LogP contribution >= 0.6 is 36.2 Å². The lowest BCUT2D eigenvalue weighted by Crippen LogP contribution is -2.43. The second-order valence-corrected chi connectivity index (χ2v) is 6.58. The fourth-order valence-corrected chi connectivity index (χ4v) is 3.62. The van der Waals surface area contributed by atoms with Gasteiger partial charge in [0.15, 0.2) is 0 Å². The first-order valence-electron chi connectivity index (χ1n) is 7.86. The fourth-order valence-electron chi connectivity index (χ4n) is 2.73. The molecule has 1 aliphatic heterocycles. The van der Waals surface area contributed by atoms with E-state index in [4.69, 9.17) is 5.73 Å². The van der Waals surface area contributed by atoms with E-state index in [1.165, 1.54) is 5.01 Å². The Labute approximate surface area is 155 Å². The zero-order valence-corrected chi connectivity index (χ0v) is 16.1. The van der Waals surface area contributed by atoms with E-state index in [1.54, 1.807) is 11.3 Å². The van der Waals surface area contributed by atoms with Crippen LogP contribution in [0, 0.1) is 5.92 Å². The molecule has 1 unspecified atom stereocenters. The van der Waals surface area contributed by atoms with E-state index < -0.39 is 0 Å². The number of hydrogen-bond acceptors (Lipinski definition) is 5. The lowest BCUT2D eigenvalue weighted by molar-refractivity contribution is -0.126. The Bertz CT molecular complexity index is 458. The Morgan fingerprint density at radius 2 is 2.30 bits per heavy atom. The molecule has 0 bridgehead atoms. The number of nitrogens with zero attached hydrogens (tertiary/aromatic N) is 2. The van der Waals surface area contributed by atoms with Crippen LogP contribution in [0.15, 0.2) is 5.38 Å². The second kappa shape index (κ2) is 12.0. The fraction of sp³-hybridized carbons (Fsp3) is 0.733. The maximum Gasteiger partial charge on any atom is 0.224 e. The second-order valence-electron chi connectivity index (χ2n) is 5.64. The molecule has 1 atom stereocenters. The molecule has 0 spiro atoms. The molecule has 0 saturated carbocycles. The van der Waals surface area contributed by atoms with E-state index in [1.807, 2.05) is 0 Å². The van der Waals surface area contributed by atoms with Crippen LogP contribution in [0.5, 0.6) is 0 Å². The Balaban J connectivity index is 0.00000242. The summed E-state index contributed by atoms with van der Waals surface area (Å²) in [5, 5.41) is 6.28. The molecule has 1 aromatic heterocycles. The highest BCUT2D eigenvalue weighted by Gasteiger charge is 2.25. The molecule has 2 rings (SSSR count). The Morgan fingerprint density at radius 3 is 3.00 bits per heavy atom. The summed E-state index contributed by atoms with van der Waals surface area (Å²) in [6, 6.07) is 0. The minimum Gasteiger partial charge on any atom is -0.355 e. The summed E-state index contributed by atoms with van der Waals surface area (Å²) in [5.41, 5.74) is 6.58. The highest BCUT2D eigenvalue weighted by molar-refractivity contribution is 7.09. The van der Waals surface area contributed by atoms with Crippen LogP contribution in [0.2, 0.25) is 0 Å². The zero-order valence-electron chi connectivity index (χ0n) is 13.6. The summed E-state index contributed by atoms with van der Waals surface area (Å²) in [6.07, 6.45) is 4.26. The zero-order chi connectivity index (χ0) is 15.1. The lowest BCUT2D eigenvalue weighted by atomic mass is 9.97. The maximum atomic E-state index is 12.0. The number of hydrogen-bond donors (Lipinski definition) is 2. The average molecular weight is 383 g/mol. The van der Waals surface area contributed by atoms with Gasteiger partial charge >= 0.3 is 0 Å². The number of likely N-dealkylation sites (tertiary alicyclic amines) is 1. The van der Waals surface area contributed by atoms with Crippen molar-refractivity contribution in [1.29, 1.82) is 0 Å². The van der Waals surface area contributed by atoms with E-state index in [9.17, 15) is 4.79 Å². The van der Waals surface area contributed by atoms with Gasteiger partial charge in [-0.2, -0.15) is 0 Å². The molecule has 23 heavy (non-hydrogen) atoms. The number of carbonyl (C=O) groups is 1. The molecular formula is C15H28Cl2N4OS. The van der Waals surface area contributed by atoms with Crippen molar-refractivity contribution in [2.75, 3.05) is 26.2 Å². The number of thiazole rings is 1. The van der Waals surface area contributed by atoms with Gasteiger partial charge in [-0.25, -0.2) is 4.98 Å². The highest BCUT2D eigenvalue weighted by atomic mass is 35.5. The Kier molecular flexibility index (Phi) is 11.8. The van der Waals surface area contributed by atoms with Crippen molar-refractivity contribution >= 4 is 42.1 Å². The molecule has 1 fully saturated rings. The van der Waals surface area contributed by atoms with E-state index in [-0.39, 0.29) is 36.6 Å². The van der Waals surface area contributed by atoms with E-state index in [0.29, 0.717) is 13.1 Å². The van der Waals surface area contributed by atoms with Gasteiger partial charge in [0.25, 0.3) is 0 Å². The first-order valence-corrected chi connectivity index (χ1v) is 8.74. The van der Waals surface area contributed by atoms with Crippen LogP contribution in [-0.2, 0) is 17.8 Å². The van der Waals surface area contributed by atoms with Gasteiger partial charge in [0.05, 0.1) is 16.6 Å². The quantitative estimate of drug-likeness (QED) is 0.758. The van der Waals surface area contributed by atoms with Crippen LogP contribution in [0.25, 0.3) is 0 Å². The lowest BCUT2D eigenvalue weighted by Gasteiger charge is -2.31. The summed E-state index contributed by atoms with van der Waals surface area (Å²) >= 11 is 1.75. The number of rotatable bonds is 7. The summed E-state index contributed by atoms with van der Waals surface area (Å²) in [7, 11) is 0. The molecule has 134 valence electrons. The maximum absolute atomic E-state index is 12.0. The van der Waals surface area contributed by atoms with Gasteiger partial charge in [0, 0.05) is 31.6 Å². The van der Waals surface area contributed by atoms with Crippen LogP contribution in [0.3, 0.4) is 0 Å². The largest absolute Gasteiger partial charge is 0.355 e. The monoisotopic (exact) mass is 382 g/mol. The molecule has 1 aromatic rings. The minimum atomic E-state index is 0. The third-order valence-electron chi connectivity index (χ3n) is 3.77. The normalized spacial score (nSPS) is 17.9. The Hall–Kier alpha value is -0.400. The van der Waals surface area contributed by atoms with Crippen molar-refractivity contribution in [3.63, 3.8) is 0 Å². The number of halogens is 2. The molecular weight excluding hydrogens is 355 g/mol. The van der Waals surface area contributed by atoms with Gasteiger partial charge in [0.2, 0.25) is 5.91 Å². The van der Waals surface area contributed by atoms with Crippen molar-refractivity contribution in [3.05, 3.63) is 16.1 Å². The van der Waals surface area contributed by atoms with Crippen molar-refractivity contribution in [3.8, 4) is 0 Å². The van der Waals surface area contributed by atoms with Gasteiger partial charge < -0.3 is 11.1 Å². The summed E-state index contributed by atoms with van der Waals surface area (Å²) < 4.78 is 0. The van der Waals surface area contributed by atoms with Crippen molar-refractivity contribution in [2.24, 2.45) is 11.7 Å². The molecule has 0 radical (unpaired) electrons. The van der Waals surface area contributed by atoms with Crippen LogP contribution < -0.4 is 11.1 Å². The van der Waals surface area contributed by atoms with Crippen LogP contribution in [0.4, 0.5) is 0 Å². The first-order chi connectivity index (χ1) is 10.2. The van der Waals surface area contributed by atoms with Gasteiger partial charge in [-0.15, -0.1) is 36.2 Å². The number of aryl methyl sites for hydroxylation is 1. The predicted molar refractivity (Wildman–Crippen MR) is 101 cm³/mol. The van der Waals surface area contributed by atoms with Crippen molar-refractivity contribution in [2.45, 2.75) is 39.2 Å². The number of nitrogens with one attached hydrogen (secondary N) is 1. The highest BCUT2D eigenvalue weighted by Crippen LogP contribution is 2.20. The average Bonchev–Trinajstić information content (AvgIpc) is 2.92. The van der Waals surface area contributed by atoms with Gasteiger partial charge in [0.1, 0.15) is 0 Å².